The molecule has 0 aliphatic heterocycles. The number of rotatable bonds is 6. The van der Waals surface area contributed by atoms with Gasteiger partial charge >= 0.3 is 0 Å². The summed E-state index contributed by atoms with van der Waals surface area (Å²) in [6.07, 6.45) is 0.675. The molecule has 1 N–H and O–H groups in total. The zero-order chi connectivity index (χ0) is 19.6. The smallest absolute Gasteiger partial charge is 0.241 e. The molecule has 3 aromatic rings. The third kappa shape index (κ3) is 4.15. The molecule has 142 valence electrons. The number of hydrogen-bond acceptors (Lipinski definition) is 3. The summed E-state index contributed by atoms with van der Waals surface area (Å²) < 4.78 is 34.1. The van der Waals surface area contributed by atoms with Crippen LogP contribution in [0.5, 0.6) is 5.75 Å². The topological polar surface area (TPSA) is 55.4 Å². The predicted molar refractivity (Wildman–Crippen MR) is 110 cm³/mol. The number of nitrogens with one attached hydrogen (secondary N) is 1. The molecule has 0 bridgehead atoms. The highest BCUT2D eigenvalue weighted by Gasteiger charge is 2.21. The maximum atomic E-state index is 13.0. The van der Waals surface area contributed by atoms with E-state index in [1.165, 1.54) is 5.56 Å². The molecule has 5 heteroatoms. The number of hydrogen-bond donors (Lipinski definition) is 1. The Balaban J connectivity index is 1.94. The Kier molecular flexibility index (Phi) is 5.53. The first-order valence-corrected chi connectivity index (χ1v) is 10.5. The molecule has 0 aliphatic rings. The minimum Gasteiger partial charge on any atom is -0.497 e. The van der Waals surface area contributed by atoms with Crippen molar-refractivity contribution >= 4 is 20.8 Å². The van der Waals surface area contributed by atoms with Crippen LogP contribution in [-0.4, -0.2) is 15.5 Å². The van der Waals surface area contributed by atoms with Crippen molar-refractivity contribution in [1.29, 1.82) is 0 Å². The van der Waals surface area contributed by atoms with E-state index in [1.54, 1.807) is 19.2 Å². The van der Waals surface area contributed by atoms with Crippen LogP contribution in [0.15, 0.2) is 59.5 Å². The molecule has 4 nitrogen and oxygen atoms in total. The first-order chi connectivity index (χ1) is 12.8. The summed E-state index contributed by atoms with van der Waals surface area (Å²) in [6, 6.07) is 16.6. The highest BCUT2D eigenvalue weighted by Crippen LogP contribution is 2.27. The second-order valence-electron chi connectivity index (χ2n) is 6.82. The van der Waals surface area contributed by atoms with Gasteiger partial charge in [-0.05, 0) is 66.4 Å². The maximum Gasteiger partial charge on any atom is 0.241 e. The van der Waals surface area contributed by atoms with Gasteiger partial charge in [0, 0.05) is 6.04 Å². The average molecular weight is 384 g/mol. The Labute approximate surface area is 161 Å². The molecular formula is C22H25NO3S. The van der Waals surface area contributed by atoms with Crippen LogP contribution in [0.25, 0.3) is 10.8 Å². The van der Waals surface area contributed by atoms with Gasteiger partial charge in [0.2, 0.25) is 10.0 Å². The fraction of sp³-hybridized carbons (Fsp3) is 0.273. The Hall–Kier alpha value is -2.37. The van der Waals surface area contributed by atoms with Crippen LogP contribution in [0.3, 0.4) is 0 Å². The first kappa shape index (κ1) is 19.4. The number of ether oxygens (including phenoxy) is 1. The highest BCUT2D eigenvalue weighted by molar-refractivity contribution is 7.89. The van der Waals surface area contributed by atoms with Crippen LogP contribution in [-0.2, 0) is 10.0 Å². The fourth-order valence-electron chi connectivity index (χ4n) is 3.33. The normalized spacial score (nSPS) is 12.9. The summed E-state index contributed by atoms with van der Waals surface area (Å²) in [7, 11) is -2.02. The second kappa shape index (κ2) is 7.71. The van der Waals surface area contributed by atoms with Crippen LogP contribution in [0.2, 0.25) is 0 Å². The Morgan fingerprint density at radius 1 is 0.963 bits per heavy atom. The third-order valence-electron chi connectivity index (χ3n) is 4.84. The van der Waals surface area contributed by atoms with Gasteiger partial charge < -0.3 is 4.74 Å². The van der Waals surface area contributed by atoms with Crippen molar-refractivity contribution < 1.29 is 13.2 Å². The largest absolute Gasteiger partial charge is 0.497 e. The van der Waals surface area contributed by atoms with E-state index in [9.17, 15) is 8.42 Å². The lowest BCUT2D eigenvalue weighted by molar-refractivity contribution is 0.415. The van der Waals surface area contributed by atoms with Crippen molar-refractivity contribution in [2.24, 2.45) is 0 Å². The van der Waals surface area contributed by atoms with Gasteiger partial charge in [-0.2, -0.15) is 0 Å². The lowest BCUT2D eigenvalue weighted by Gasteiger charge is -2.20. The molecule has 27 heavy (non-hydrogen) atoms. The second-order valence-corrected chi connectivity index (χ2v) is 8.53. The van der Waals surface area contributed by atoms with Crippen molar-refractivity contribution in [2.45, 2.75) is 38.1 Å². The van der Waals surface area contributed by atoms with Crippen LogP contribution in [0.4, 0.5) is 0 Å². The third-order valence-corrected chi connectivity index (χ3v) is 6.30. The number of sulfonamides is 1. The molecule has 0 saturated heterocycles. The van der Waals surface area contributed by atoms with Gasteiger partial charge in [-0.15, -0.1) is 0 Å². The SMILES string of the molecule is CC[C@H](NS(=O)(=O)c1ccc2cc(OC)ccc2c1)c1ccc(C)cc1C. The molecule has 0 heterocycles. The molecule has 0 fully saturated rings. The van der Waals surface area contributed by atoms with Crippen LogP contribution in [0.1, 0.15) is 36.1 Å². The van der Waals surface area contributed by atoms with E-state index < -0.39 is 10.0 Å². The van der Waals surface area contributed by atoms with Crippen LogP contribution >= 0.6 is 0 Å². The predicted octanol–water partition coefficient (Wildman–Crippen LogP) is 4.89. The molecule has 0 saturated carbocycles. The number of benzene rings is 3. The van der Waals surface area contributed by atoms with Gasteiger partial charge in [0.25, 0.3) is 0 Å². The Morgan fingerprint density at radius 3 is 2.33 bits per heavy atom. The lowest BCUT2D eigenvalue weighted by atomic mass is 9.98. The van der Waals surface area contributed by atoms with Crippen LogP contribution in [0, 0.1) is 13.8 Å². The number of aryl methyl sites for hydroxylation is 2. The molecule has 0 aromatic heterocycles. The Morgan fingerprint density at radius 2 is 1.67 bits per heavy atom. The zero-order valence-electron chi connectivity index (χ0n) is 16.1. The minimum absolute atomic E-state index is 0.262. The van der Waals surface area contributed by atoms with E-state index in [0.717, 1.165) is 27.6 Å². The molecular weight excluding hydrogens is 358 g/mol. The molecule has 0 unspecified atom stereocenters. The molecule has 0 spiro atoms. The summed E-state index contributed by atoms with van der Waals surface area (Å²) in [5.41, 5.74) is 3.27. The van der Waals surface area contributed by atoms with Gasteiger partial charge in [-0.1, -0.05) is 42.8 Å². The molecule has 0 aliphatic carbocycles. The van der Waals surface area contributed by atoms with Crippen molar-refractivity contribution in [3.63, 3.8) is 0 Å². The monoisotopic (exact) mass is 383 g/mol. The highest BCUT2D eigenvalue weighted by atomic mass is 32.2. The standard InChI is InChI=1S/C22H25NO3S/c1-5-22(21-11-6-15(2)12-16(21)3)23-27(24,25)20-10-8-17-13-19(26-4)9-7-18(17)14-20/h6-14,22-23H,5H2,1-4H3/t22-/m0/s1. The van der Waals surface area contributed by atoms with Crippen molar-refractivity contribution in [2.75, 3.05) is 7.11 Å². The van der Waals surface area contributed by atoms with E-state index in [1.807, 2.05) is 57.2 Å². The zero-order valence-corrected chi connectivity index (χ0v) is 16.9. The maximum absolute atomic E-state index is 13.0. The molecule has 3 rings (SSSR count). The quantitative estimate of drug-likeness (QED) is 0.659. The van der Waals surface area contributed by atoms with Crippen molar-refractivity contribution in [3.8, 4) is 5.75 Å². The summed E-state index contributed by atoms with van der Waals surface area (Å²) >= 11 is 0. The van der Waals surface area contributed by atoms with Crippen molar-refractivity contribution in [3.05, 3.63) is 71.3 Å². The van der Waals surface area contributed by atoms with Crippen LogP contribution < -0.4 is 9.46 Å². The van der Waals surface area contributed by atoms with Gasteiger partial charge in [-0.25, -0.2) is 13.1 Å². The minimum atomic E-state index is -3.64. The van der Waals surface area contributed by atoms with Crippen molar-refractivity contribution in [1.82, 2.24) is 4.72 Å². The van der Waals surface area contributed by atoms with E-state index >= 15 is 0 Å². The average Bonchev–Trinajstić information content (AvgIpc) is 2.65. The summed E-state index contributed by atoms with van der Waals surface area (Å²) in [6.45, 7) is 6.04. The molecule has 1 atom stereocenters. The number of fused-ring (bicyclic) bond motifs is 1. The molecule has 3 aromatic carbocycles. The lowest BCUT2D eigenvalue weighted by Crippen LogP contribution is -2.28. The van der Waals surface area contributed by atoms with Gasteiger partial charge in [0.15, 0.2) is 0 Å². The van der Waals surface area contributed by atoms with E-state index in [-0.39, 0.29) is 10.9 Å². The fourth-order valence-corrected chi connectivity index (χ4v) is 4.67. The van der Waals surface area contributed by atoms with E-state index in [4.69, 9.17) is 4.74 Å². The molecule has 0 radical (unpaired) electrons. The van der Waals surface area contributed by atoms with E-state index in [0.29, 0.717) is 6.42 Å². The van der Waals surface area contributed by atoms with E-state index in [2.05, 4.69) is 10.8 Å². The Bertz CT molecular complexity index is 1070. The number of methoxy groups -OCH3 is 1. The summed E-state index contributed by atoms with van der Waals surface area (Å²) in [5, 5.41) is 1.80. The van der Waals surface area contributed by atoms with Gasteiger partial charge in [0.1, 0.15) is 5.75 Å². The summed E-state index contributed by atoms with van der Waals surface area (Å²) in [5.74, 6) is 0.747. The molecule has 0 amide bonds. The van der Waals surface area contributed by atoms with Gasteiger partial charge in [0.05, 0.1) is 12.0 Å². The van der Waals surface area contributed by atoms with Gasteiger partial charge in [-0.3, -0.25) is 0 Å². The first-order valence-electron chi connectivity index (χ1n) is 9.01. The summed E-state index contributed by atoms with van der Waals surface area (Å²) in [4.78, 5) is 0.267.